The molecule has 0 aliphatic carbocycles. The minimum Gasteiger partial charge on any atom is -0.336 e. The molecule has 90 valence electrons. The van der Waals surface area contributed by atoms with Crippen LogP contribution in [0.15, 0.2) is 42.9 Å². The summed E-state index contributed by atoms with van der Waals surface area (Å²) in [4.78, 5) is 4.35. The smallest absolute Gasteiger partial charge is 0.252 e. The molecule has 1 aromatic carbocycles. The standard InChI is InChI=1S/C13H16N2O2/c1-13(16-2,17-3)15-9-12(14-10-15)11-7-5-4-6-8-11/h4-10H,1-3H3. The van der Waals surface area contributed by atoms with E-state index < -0.39 is 5.91 Å². The first kappa shape index (κ1) is 11.8. The van der Waals surface area contributed by atoms with Crippen LogP contribution < -0.4 is 0 Å². The number of hydrogen-bond acceptors (Lipinski definition) is 3. The number of aromatic nitrogens is 2. The van der Waals surface area contributed by atoms with Gasteiger partial charge in [-0.25, -0.2) is 4.98 Å². The third kappa shape index (κ3) is 2.23. The average Bonchev–Trinajstić information content (AvgIpc) is 2.89. The molecule has 0 amide bonds. The van der Waals surface area contributed by atoms with Crippen molar-refractivity contribution in [3.05, 3.63) is 42.9 Å². The molecule has 0 saturated carbocycles. The van der Waals surface area contributed by atoms with E-state index in [1.807, 2.05) is 43.5 Å². The van der Waals surface area contributed by atoms with Crippen LogP contribution in [0.4, 0.5) is 0 Å². The minimum atomic E-state index is -0.819. The summed E-state index contributed by atoms with van der Waals surface area (Å²) in [6, 6.07) is 9.99. The van der Waals surface area contributed by atoms with Gasteiger partial charge in [0.05, 0.1) is 12.0 Å². The van der Waals surface area contributed by atoms with Crippen molar-refractivity contribution < 1.29 is 9.47 Å². The topological polar surface area (TPSA) is 36.3 Å². The molecule has 4 nitrogen and oxygen atoms in total. The fourth-order valence-corrected chi connectivity index (χ4v) is 1.60. The quantitative estimate of drug-likeness (QED) is 0.760. The monoisotopic (exact) mass is 232 g/mol. The molecule has 1 aromatic heterocycles. The minimum absolute atomic E-state index is 0.819. The third-order valence-corrected chi connectivity index (χ3v) is 2.88. The van der Waals surface area contributed by atoms with E-state index in [9.17, 15) is 0 Å². The van der Waals surface area contributed by atoms with Crippen molar-refractivity contribution in [3.63, 3.8) is 0 Å². The van der Waals surface area contributed by atoms with Crippen molar-refractivity contribution in [2.45, 2.75) is 12.8 Å². The second-order valence-corrected chi connectivity index (χ2v) is 3.84. The number of ether oxygens (including phenoxy) is 2. The fraction of sp³-hybridized carbons (Fsp3) is 0.308. The molecule has 17 heavy (non-hydrogen) atoms. The molecule has 0 fully saturated rings. The summed E-state index contributed by atoms with van der Waals surface area (Å²) in [6.45, 7) is 1.84. The largest absolute Gasteiger partial charge is 0.336 e. The van der Waals surface area contributed by atoms with Crippen LogP contribution in [0.5, 0.6) is 0 Å². The molecule has 0 aliphatic heterocycles. The van der Waals surface area contributed by atoms with Crippen molar-refractivity contribution in [2.24, 2.45) is 0 Å². The lowest BCUT2D eigenvalue weighted by Gasteiger charge is -2.27. The second kappa shape index (κ2) is 4.69. The summed E-state index contributed by atoms with van der Waals surface area (Å²) in [6.07, 6.45) is 3.61. The molecule has 2 aromatic rings. The Morgan fingerprint density at radius 1 is 1.12 bits per heavy atom. The van der Waals surface area contributed by atoms with Crippen molar-refractivity contribution in [2.75, 3.05) is 14.2 Å². The average molecular weight is 232 g/mol. The highest BCUT2D eigenvalue weighted by molar-refractivity contribution is 5.57. The maximum atomic E-state index is 5.32. The van der Waals surface area contributed by atoms with Crippen molar-refractivity contribution in [3.8, 4) is 11.3 Å². The Hall–Kier alpha value is -1.65. The van der Waals surface area contributed by atoms with Gasteiger partial charge in [0.1, 0.15) is 0 Å². The maximum Gasteiger partial charge on any atom is 0.252 e. The first-order valence-corrected chi connectivity index (χ1v) is 5.40. The zero-order valence-electron chi connectivity index (χ0n) is 10.3. The van der Waals surface area contributed by atoms with Gasteiger partial charge in [-0.1, -0.05) is 30.3 Å². The number of imidazole rings is 1. The predicted molar refractivity (Wildman–Crippen MR) is 65.3 cm³/mol. The Bertz CT molecular complexity index is 475. The third-order valence-electron chi connectivity index (χ3n) is 2.88. The van der Waals surface area contributed by atoms with Crippen molar-refractivity contribution >= 4 is 0 Å². The van der Waals surface area contributed by atoms with Gasteiger partial charge in [-0.3, -0.25) is 4.57 Å². The molecular formula is C13H16N2O2. The molecule has 0 atom stereocenters. The summed E-state index contributed by atoms with van der Waals surface area (Å²) in [5, 5.41) is 0. The maximum absolute atomic E-state index is 5.32. The van der Waals surface area contributed by atoms with Gasteiger partial charge in [-0.2, -0.15) is 0 Å². The Labute approximate surface area is 101 Å². The van der Waals surface area contributed by atoms with E-state index in [2.05, 4.69) is 4.98 Å². The van der Waals surface area contributed by atoms with E-state index in [1.165, 1.54) is 0 Å². The second-order valence-electron chi connectivity index (χ2n) is 3.84. The predicted octanol–water partition coefficient (Wildman–Crippen LogP) is 2.47. The van der Waals surface area contributed by atoms with Crippen LogP contribution in [-0.4, -0.2) is 23.8 Å². The molecule has 0 saturated heterocycles. The molecule has 0 unspecified atom stereocenters. The molecular weight excluding hydrogens is 216 g/mol. The van der Waals surface area contributed by atoms with Crippen LogP contribution in [0, 0.1) is 0 Å². The Morgan fingerprint density at radius 3 is 2.35 bits per heavy atom. The van der Waals surface area contributed by atoms with Gasteiger partial charge in [0.2, 0.25) is 0 Å². The van der Waals surface area contributed by atoms with Crippen LogP contribution in [-0.2, 0) is 15.4 Å². The van der Waals surface area contributed by atoms with E-state index in [0.717, 1.165) is 11.3 Å². The highest BCUT2D eigenvalue weighted by Crippen LogP contribution is 2.22. The van der Waals surface area contributed by atoms with Gasteiger partial charge in [0.15, 0.2) is 0 Å². The van der Waals surface area contributed by atoms with E-state index in [-0.39, 0.29) is 0 Å². The van der Waals surface area contributed by atoms with Gasteiger partial charge < -0.3 is 9.47 Å². The zero-order valence-corrected chi connectivity index (χ0v) is 10.3. The fourth-order valence-electron chi connectivity index (χ4n) is 1.60. The van der Waals surface area contributed by atoms with E-state index in [1.54, 1.807) is 25.1 Å². The first-order valence-electron chi connectivity index (χ1n) is 5.40. The van der Waals surface area contributed by atoms with Gasteiger partial charge >= 0.3 is 0 Å². The molecule has 4 heteroatoms. The van der Waals surface area contributed by atoms with Crippen molar-refractivity contribution in [1.29, 1.82) is 0 Å². The Morgan fingerprint density at radius 2 is 1.76 bits per heavy atom. The Kier molecular flexibility index (Phi) is 3.26. The SMILES string of the molecule is COC(C)(OC)n1cnc(-c2ccccc2)c1. The zero-order chi connectivity index (χ0) is 12.3. The molecule has 2 rings (SSSR count). The van der Waals surface area contributed by atoms with Crippen LogP contribution in [0.3, 0.4) is 0 Å². The molecule has 0 bridgehead atoms. The van der Waals surface area contributed by atoms with Gasteiger partial charge in [-0.15, -0.1) is 0 Å². The summed E-state index contributed by atoms with van der Waals surface area (Å²) >= 11 is 0. The molecule has 0 radical (unpaired) electrons. The highest BCUT2D eigenvalue weighted by atomic mass is 16.7. The number of hydrogen-bond donors (Lipinski definition) is 0. The number of benzene rings is 1. The van der Waals surface area contributed by atoms with E-state index in [0.29, 0.717) is 0 Å². The highest BCUT2D eigenvalue weighted by Gasteiger charge is 2.25. The summed E-state index contributed by atoms with van der Waals surface area (Å²) in [5.74, 6) is -0.819. The summed E-state index contributed by atoms with van der Waals surface area (Å²) in [7, 11) is 3.21. The summed E-state index contributed by atoms with van der Waals surface area (Å²) < 4.78 is 12.4. The van der Waals surface area contributed by atoms with Crippen LogP contribution in [0.1, 0.15) is 6.92 Å². The lowest BCUT2D eigenvalue weighted by Crippen LogP contribution is -2.33. The first-order chi connectivity index (χ1) is 8.19. The molecule has 0 spiro atoms. The van der Waals surface area contributed by atoms with Crippen molar-refractivity contribution in [1.82, 2.24) is 9.55 Å². The lowest BCUT2D eigenvalue weighted by molar-refractivity contribution is -0.254. The van der Waals surface area contributed by atoms with Crippen LogP contribution >= 0.6 is 0 Å². The van der Waals surface area contributed by atoms with E-state index >= 15 is 0 Å². The van der Waals surface area contributed by atoms with Crippen LogP contribution in [0.2, 0.25) is 0 Å². The van der Waals surface area contributed by atoms with Crippen LogP contribution in [0.25, 0.3) is 11.3 Å². The Balaban J connectivity index is 2.34. The summed E-state index contributed by atoms with van der Waals surface area (Å²) in [5.41, 5.74) is 1.96. The number of rotatable bonds is 4. The number of nitrogens with zero attached hydrogens (tertiary/aromatic N) is 2. The van der Waals surface area contributed by atoms with Gasteiger partial charge in [0.25, 0.3) is 5.91 Å². The molecule has 1 heterocycles. The van der Waals surface area contributed by atoms with Gasteiger partial charge in [0, 0.05) is 32.9 Å². The van der Waals surface area contributed by atoms with Gasteiger partial charge in [-0.05, 0) is 0 Å². The normalized spacial score (nSPS) is 11.7. The molecule has 0 N–H and O–H groups in total. The van der Waals surface area contributed by atoms with E-state index in [4.69, 9.17) is 9.47 Å². The number of methoxy groups -OCH3 is 2. The lowest BCUT2D eigenvalue weighted by atomic mass is 10.2. The molecule has 0 aliphatic rings.